The molecule has 0 atom stereocenters. The second kappa shape index (κ2) is 4.90. The van der Waals surface area contributed by atoms with Gasteiger partial charge in [0.2, 0.25) is 0 Å². The molecule has 1 heterocycles. The monoisotopic (exact) mass is 314 g/mol. The number of benzene rings is 2. The summed E-state index contributed by atoms with van der Waals surface area (Å²) in [5, 5.41) is 12.2. The SMILES string of the molecule is [O]c1ccnc2cc(Oc3cccc(Br)c3)ccc12. The standard InChI is InChI=1S/C15H9BrNO2/c16-10-2-1-3-11(8-10)19-12-4-5-13-14(9-12)17-7-6-15(13)18/h1-9H. The molecule has 19 heavy (non-hydrogen) atoms. The summed E-state index contributed by atoms with van der Waals surface area (Å²) in [6.07, 6.45) is 1.51. The highest BCUT2D eigenvalue weighted by Crippen LogP contribution is 2.29. The van der Waals surface area contributed by atoms with Gasteiger partial charge in [0.15, 0.2) is 5.75 Å². The first-order chi connectivity index (χ1) is 9.22. The summed E-state index contributed by atoms with van der Waals surface area (Å²) in [4.78, 5) is 4.17. The minimum atomic E-state index is -0.0287. The lowest BCUT2D eigenvalue weighted by Crippen LogP contribution is -1.85. The van der Waals surface area contributed by atoms with Crippen molar-refractivity contribution in [3.63, 3.8) is 0 Å². The molecule has 0 amide bonds. The van der Waals surface area contributed by atoms with Crippen LogP contribution in [0.1, 0.15) is 0 Å². The molecule has 2 aromatic carbocycles. The summed E-state index contributed by atoms with van der Waals surface area (Å²) in [5.41, 5.74) is 0.639. The van der Waals surface area contributed by atoms with Crippen molar-refractivity contribution < 1.29 is 9.84 Å². The quantitative estimate of drug-likeness (QED) is 0.672. The van der Waals surface area contributed by atoms with E-state index in [1.165, 1.54) is 12.3 Å². The minimum absolute atomic E-state index is 0.0287. The molecule has 4 heteroatoms. The predicted octanol–water partition coefficient (Wildman–Crippen LogP) is 4.93. The average Bonchev–Trinajstić information content (AvgIpc) is 2.39. The summed E-state index contributed by atoms with van der Waals surface area (Å²) in [5.74, 6) is 1.36. The molecule has 3 rings (SSSR count). The van der Waals surface area contributed by atoms with Gasteiger partial charge >= 0.3 is 0 Å². The summed E-state index contributed by atoms with van der Waals surface area (Å²) < 4.78 is 6.68. The highest BCUT2D eigenvalue weighted by atomic mass is 79.9. The van der Waals surface area contributed by atoms with Gasteiger partial charge in [-0.05, 0) is 30.3 Å². The van der Waals surface area contributed by atoms with Crippen molar-refractivity contribution >= 4 is 26.8 Å². The molecule has 3 aromatic rings. The van der Waals surface area contributed by atoms with E-state index >= 15 is 0 Å². The molecule has 0 saturated carbocycles. The van der Waals surface area contributed by atoms with E-state index in [9.17, 15) is 5.11 Å². The molecule has 0 unspecified atom stereocenters. The molecule has 1 radical (unpaired) electrons. The summed E-state index contributed by atoms with van der Waals surface area (Å²) >= 11 is 3.39. The lowest BCUT2D eigenvalue weighted by molar-refractivity contribution is 0.360. The third-order valence-electron chi connectivity index (χ3n) is 2.71. The predicted molar refractivity (Wildman–Crippen MR) is 76.1 cm³/mol. The third kappa shape index (κ3) is 2.53. The first-order valence-electron chi connectivity index (χ1n) is 5.71. The zero-order valence-corrected chi connectivity index (χ0v) is 11.4. The fraction of sp³-hybridized carbons (Fsp3) is 0. The van der Waals surface area contributed by atoms with E-state index in [-0.39, 0.29) is 5.75 Å². The number of aromatic nitrogens is 1. The second-order valence-electron chi connectivity index (χ2n) is 4.05. The van der Waals surface area contributed by atoms with Crippen molar-refractivity contribution in [3.8, 4) is 17.2 Å². The van der Waals surface area contributed by atoms with Crippen molar-refractivity contribution in [1.82, 2.24) is 4.98 Å². The lowest BCUT2D eigenvalue weighted by Gasteiger charge is -2.07. The van der Waals surface area contributed by atoms with E-state index in [1.807, 2.05) is 24.3 Å². The average molecular weight is 315 g/mol. The molecule has 93 valence electrons. The Balaban J connectivity index is 1.98. The van der Waals surface area contributed by atoms with E-state index in [4.69, 9.17) is 4.74 Å². The number of ether oxygens (including phenoxy) is 1. The van der Waals surface area contributed by atoms with Crippen molar-refractivity contribution in [2.75, 3.05) is 0 Å². The fourth-order valence-corrected chi connectivity index (χ4v) is 2.21. The molecule has 0 N–H and O–H groups in total. The molecule has 1 aromatic heterocycles. The number of hydrogen-bond donors (Lipinski definition) is 0. The Bertz CT molecular complexity index is 743. The fourth-order valence-electron chi connectivity index (χ4n) is 1.83. The molecule has 0 aliphatic rings. The minimum Gasteiger partial charge on any atom is -0.457 e. The molecule has 0 bridgehead atoms. The molecule has 0 saturated heterocycles. The van der Waals surface area contributed by atoms with Gasteiger partial charge in [0.1, 0.15) is 11.5 Å². The molecule has 0 fully saturated rings. The van der Waals surface area contributed by atoms with Crippen LogP contribution < -0.4 is 4.74 Å². The van der Waals surface area contributed by atoms with E-state index < -0.39 is 0 Å². The van der Waals surface area contributed by atoms with Gasteiger partial charge in [-0.3, -0.25) is 10.1 Å². The van der Waals surface area contributed by atoms with E-state index in [0.29, 0.717) is 16.7 Å². The van der Waals surface area contributed by atoms with Crippen LogP contribution in [0.25, 0.3) is 10.9 Å². The van der Waals surface area contributed by atoms with E-state index in [1.54, 1.807) is 18.2 Å². The van der Waals surface area contributed by atoms with Gasteiger partial charge in [0, 0.05) is 28.2 Å². The topological polar surface area (TPSA) is 42.0 Å². The first kappa shape index (κ1) is 12.0. The van der Waals surface area contributed by atoms with Gasteiger partial charge in [-0.2, -0.15) is 0 Å². The van der Waals surface area contributed by atoms with Gasteiger partial charge in [0.25, 0.3) is 0 Å². The Hall–Kier alpha value is -2.07. The number of fused-ring (bicyclic) bond motifs is 1. The number of halogens is 1. The van der Waals surface area contributed by atoms with Crippen LogP contribution in [-0.2, 0) is 5.11 Å². The maximum atomic E-state index is 11.6. The third-order valence-corrected chi connectivity index (χ3v) is 3.20. The van der Waals surface area contributed by atoms with Gasteiger partial charge in [-0.15, -0.1) is 0 Å². The molecule has 0 spiro atoms. The summed E-state index contributed by atoms with van der Waals surface area (Å²) in [6, 6.07) is 14.3. The molecular weight excluding hydrogens is 306 g/mol. The van der Waals surface area contributed by atoms with Crippen molar-refractivity contribution in [3.05, 3.63) is 59.2 Å². The van der Waals surface area contributed by atoms with E-state index in [2.05, 4.69) is 20.9 Å². The zero-order valence-electron chi connectivity index (χ0n) is 9.84. The normalized spacial score (nSPS) is 10.6. The smallest absolute Gasteiger partial charge is 0.189 e. The maximum absolute atomic E-state index is 11.6. The van der Waals surface area contributed by atoms with Gasteiger partial charge in [-0.1, -0.05) is 22.0 Å². The highest BCUT2D eigenvalue weighted by molar-refractivity contribution is 9.10. The molecule has 0 aliphatic carbocycles. The van der Waals surface area contributed by atoms with Crippen LogP contribution in [0, 0.1) is 0 Å². The van der Waals surface area contributed by atoms with Crippen LogP contribution in [0.2, 0.25) is 0 Å². The van der Waals surface area contributed by atoms with Gasteiger partial charge in [-0.25, -0.2) is 0 Å². The van der Waals surface area contributed by atoms with Gasteiger partial charge < -0.3 is 4.74 Å². The van der Waals surface area contributed by atoms with E-state index in [0.717, 1.165) is 10.2 Å². The van der Waals surface area contributed by atoms with Crippen molar-refractivity contribution in [2.24, 2.45) is 0 Å². The Morgan fingerprint density at radius 1 is 1.00 bits per heavy atom. The lowest BCUT2D eigenvalue weighted by atomic mass is 10.2. The van der Waals surface area contributed by atoms with Crippen molar-refractivity contribution in [1.29, 1.82) is 0 Å². The first-order valence-corrected chi connectivity index (χ1v) is 6.51. The molecule has 0 aliphatic heterocycles. The largest absolute Gasteiger partial charge is 0.457 e. The Morgan fingerprint density at radius 2 is 1.84 bits per heavy atom. The summed E-state index contributed by atoms with van der Waals surface area (Å²) in [6.45, 7) is 0. The zero-order chi connectivity index (χ0) is 13.2. The van der Waals surface area contributed by atoms with Crippen LogP contribution in [0.5, 0.6) is 17.2 Å². The van der Waals surface area contributed by atoms with Crippen LogP contribution in [0.3, 0.4) is 0 Å². The summed E-state index contributed by atoms with van der Waals surface area (Å²) in [7, 11) is 0. The number of nitrogens with zero attached hydrogens (tertiary/aromatic N) is 1. The highest BCUT2D eigenvalue weighted by Gasteiger charge is 2.04. The van der Waals surface area contributed by atoms with Crippen LogP contribution in [-0.4, -0.2) is 4.98 Å². The Kier molecular flexibility index (Phi) is 3.09. The van der Waals surface area contributed by atoms with Crippen LogP contribution in [0.4, 0.5) is 0 Å². The Morgan fingerprint density at radius 3 is 2.68 bits per heavy atom. The number of hydrogen-bond acceptors (Lipinski definition) is 2. The molecule has 3 nitrogen and oxygen atoms in total. The number of pyridine rings is 1. The van der Waals surface area contributed by atoms with Crippen LogP contribution in [0.15, 0.2) is 59.2 Å². The maximum Gasteiger partial charge on any atom is 0.189 e. The Labute approximate surface area is 118 Å². The van der Waals surface area contributed by atoms with Gasteiger partial charge in [0.05, 0.1) is 5.52 Å². The van der Waals surface area contributed by atoms with Crippen LogP contribution >= 0.6 is 15.9 Å². The number of rotatable bonds is 2. The van der Waals surface area contributed by atoms with Crippen molar-refractivity contribution in [2.45, 2.75) is 0 Å². The molecular formula is C15H9BrNO2. The second-order valence-corrected chi connectivity index (χ2v) is 4.96.